The summed E-state index contributed by atoms with van der Waals surface area (Å²) in [6, 6.07) is 1.94. The van der Waals surface area contributed by atoms with E-state index in [-0.39, 0.29) is 5.82 Å². The minimum Gasteiger partial charge on any atom is -0.351 e. The molecule has 0 atom stereocenters. The van der Waals surface area contributed by atoms with Gasteiger partial charge in [0, 0.05) is 42.0 Å². The van der Waals surface area contributed by atoms with E-state index in [0.717, 1.165) is 62.7 Å². The topological polar surface area (TPSA) is 93.7 Å². The first-order valence-corrected chi connectivity index (χ1v) is 12.4. The Balaban J connectivity index is 1.08. The van der Waals surface area contributed by atoms with Gasteiger partial charge in [-0.1, -0.05) is 0 Å². The molecule has 2 aromatic rings. The maximum Gasteiger partial charge on any atom is 0.223 e. The number of nitrogens with two attached hydrogens (primary N) is 1. The average molecular weight is 440 g/mol. The van der Waals surface area contributed by atoms with Crippen molar-refractivity contribution in [2.75, 3.05) is 5.32 Å². The Bertz CT molecular complexity index is 969. The fourth-order valence-corrected chi connectivity index (χ4v) is 6.00. The van der Waals surface area contributed by atoms with Crippen molar-refractivity contribution >= 4 is 5.95 Å². The van der Waals surface area contributed by atoms with Crippen molar-refractivity contribution in [3.8, 4) is 11.3 Å². The molecular weight excluding hydrogens is 405 g/mol. The first-order valence-electron chi connectivity index (χ1n) is 12.4. The van der Waals surface area contributed by atoms with Crippen LogP contribution in [0.1, 0.15) is 69.9 Å². The number of rotatable bonds is 5. The third kappa shape index (κ3) is 4.03. The summed E-state index contributed by atoms with van der Waals surface area (Å²) in [5.74, 6) is 0.154. The number of anilines is 1. The minimum atomic E-state index is -0.372. The lowest BCUT2D eigenvalue weighted by Crippen LogP contribution is -2.45. The quantitative estimate of drug-likeness (QED) is 0.661. The lowest BCUT2D eigenvalue weighted by atomic mass is 9.87. The Kier molecular flexibility index (Phi) is 5.17. The SMILES string of the molecule is NC1CCC(NC2CCC(Nc3ncc(F)c(-c4cnn5c4CC4(CC4)C5)n3)CC2)CC1. The monoisotopic (exact) mass is 439 g/mol. The van der Waals surface area contributed by atoms with Gasteiger partial charge in [-0.3, -0.25) is 4.68 Å². The third-order valence-electron chi connectivity index (χ3n) is 8.24. The predicted octanol–water partition coefficient (Wildman–Crippen LogP) is 3.40. The summed E-state index contributed by atoms with van der Waals surface area (Å²) in [5.41, 5.74) is 8.76. The van der Waals surface area contributed by atoms with Gasteiger partial charge < -0.3 is 16.4 Å². The van der Waals surface area contributed by atoms with Crippen molar-refractivity contribution in [3.05, 3.63) is 23.9 Å². The largest absolute Gasteiger partial charge is 0.351 e. The number of halogens is 1. The number of hydrogen-bond acceptors (Lipinski definition) is 6. The van der Waals surface area contributed by atoms with Gasteiger partial charge in [-0.05, 0) is 76.0 Å². The van der Waals surface area contributed by atoms with Crippen LogP contribution in [-0.4, -0.2) is 43.9 Å². The molecule has 172 valence electrons. The van der Waals surface area contributed by atoms with Crippen molar-refractivity contribution in [3.63, 3.8) is 0 Å². The van der Waals surface area contributed by atoms with Crippen LogP contribution in [0, 0.1) is 11.2 Å². The highest BCUT2D eigenvalue weighted by molar-refractivity contribution is 5.64. The van der Waals surface area contributed by atoms with Crippen molar-refractivity contribution in [1.29, 1.82) is 0 Å². The van der Waals surface area contributed by atoms with E-state index in [1.165, 1.54) is 31.9 Å². The number of fused-ring (bicyclic) bond motifs is 1. The van der Waals surface area contributed by atoms with Crippen molar-refractivity contribution in [2.24, 2.45) is 11.1 Å². The van der Waals surface area contributed by atoms with Gasteiger partial charge in [0.25, 0.3) is 0 Å². The summed E-state index contributed by atoms with van der Waals surface area (Å²) < 4.78 is 16.7. The number of nitrogens with zero attached hydrogens (tertiary/aromatic N) is 4. The molecular formula is C24H34FN7. The molecule has 6 rings (SSSR count). The highest BCUT2D eigenvalue weighted by Crippen LogP contribution is 2.54. The molecule has 3 saturated carbocycles. The standard InChI is InChI=1S/C24H34FN7/c25-20-13-27-23(31-22(20)19-12-28-32-14-24(9-10-24)11-21(19)32)30-18-7-5-17(6-8-18)29-16-3-1-15(26)2-4-16/h12-13,15-18,29H,1-11,14,26H2,(H,27,30,31). The smallest absolute Gasteiger partial charge is 0.223 e. The fraction of sp³-hybridized carbons (Fsp3) is 0.708. The van der Waals surface area contributed by atoms with Crippen molar-refractivity contribution in [2.45, 2.75) is 101 Å². The first kappa shape index (κ1) is 20.5. The van der Waals surface area contributed by atoms with E-state index in [4.69, 9.17) is 5.73 Å². The first-order chi connectivity index (χ1) is 15.6. The van der Waals surface area contributed by atoms with Crippen molar-refractivity contribution in [1.82, 2.24) is 25.1 Å². The van der Waals surface area contributed by atoms with Gasteiger partial charge >= 0.3 is 0 Å². The van der Waals surface area contributed by atoms with Gasteiger partial charge in [-0.15, -0.1) is 0 Å². The van der Waals surface area contributed by atoms with E-state index in [1.807, 2.05) is 4.68 Å². The Morgan fingerprint density at radius 3 is 2.38 bits per heavy atom. The Labute approximate surface area is 188 Å². The Morgan fingerprint density at radius 1 is 0.969 bits per heavy atom. The molecule has 0 unspecified atom stereocenters. The van der Waals surface area contributed by atoms with E-state index < -0.39 is 0 Å². The third-order valence-corrected chi connectivity index (χ3v) is 8.24. The molecule has 32 heavy (non-hydrogen) atoms. The molecule has 3 fully saturated rings. The van der Waals surface area contributed by atoms with Gasteiger partial charge in [0.05, 0.1) is 12.4 Å². The maximum atomic E-state index is 14.7. The van der Waals surface area contributed by atoms with E-state index in [1.54, 1.807) is 6.20 Å². The van der Waals surface area contributed by atoms with Gasteiger partial charge in [-0.25, -0.2) is 14.4 Å². The predicted molar refractivity (Wildman–Crippen MR) is 122 cm³/mol. The molecule has 1 spiro atoms. The Hall–Kier alpha value is -2.06. The zero-order valence-electron chi connectivity index (χ0n) is 18.7. The number of nitrogens with one attached hydrogen (secondary N) is 2. The van der Waals surface area contributed by atoms with E-state index in [2.05, 4.69) is 25.7 Å². The molecule has 0 amide bonds. The molecule has 2 aromatic heterocycles. The number of aromatic nitrogens is 4. The molecule has 7 nitrogen and oxygen atoms in total. The van der Waals surface area contributed by atoms with Gasteiger partial charge in [0.2, 0.25) is 5.95 Å². The summed E-state index contributed by atoms with van der Waals surface area (Å²) in [4.78, 5) is 8.84. The van der Waals surface area contributed by atoms with E-state index >= 15 is 0 Å². The van der Waals surface area contributed by atoms with E-state index in [0.29, 0.717) is 41.2 Å². The van der Waals surface area contributed by atoms with Gasteiger partial charge in [0.1, 0.15) is 5.69 Å². The number of hydrogen-bond donors (Lipinski definition) is 3. The summed E-state index contributed by atoms with van der Waals surface area (Å²) in [5, 5.41) is 11.8. The van der Waals surface area contributed by atoms with Crippen molar-refractivity contribution < 1.29 is 4.39 Å². The molecule has 4 N–H and O–H groups in total. The van der Waals surface area contributed by atoms with Gasteiger partial charge in [0.15, 0.2) is 5.82 Å². The highest BCUT2D eigenvalue weighted by atomic mass is 19.1. The molecule has 0 saturated heterocycles. The van der Waals surface area contributed by atoms with E-state index in [9.17, 15) is 4.39 Å². The average Bonchev–Trinajstić information content (AvgIpc) is 3.30. The molecule has 3 aliphatic carbocycles. The normalized spacial score (nSPS) is 30.9. The minimum absolute atomic E-state index is 0.332. The van der Waals surface area contributed by atoms with Gasteiger partial charge in [-0.2, -0.15) is 5.10 Å². The molecule has 0 bridgehead atoms. The zero-order valence-corrected chi connectivity index (χ0v) is 18.7. The fourth-order valence-electron chi connectivity index (χ4n) is 6.00. The summed E-state index contributed by atoms with van der Waals surface area (Å²) >= 11 is 0. The highest BCUT2D eigenvalue weighted by Gasteiger charge is 2.49. The van der Waals surface area contributed by atoms with Crippen LogP contribution in [0.2, 0.25) is 0 Å². The summed E-state index contributed by atoms with van der Waals surface area (Å²) in [6.07, 6.45) is 15.7. The lowest BCUT2D eigenvalue weighted by Gasteiger charge is -2.35. The van der Waals surface area contributed by atoms with Crippen LogP contribution in [0.3, 0.4) is 0 Å². The van der Waals surface area contributed by atoms with Crippen LogP contribution in [0.25, 0.3) is 11.3 Å². The van der Waals surface area contributed by atoms with Crippen LogP contribution < -0.4 is 16.4 Å². The molecule has 0 radical (unpaired) electrons. The zero-order chi connectivity index (χ0) is 21.7. The summed E-state index contributed by atoms with van der Waals surface area (Å²) in [6.45, 7) is 0.963. The lowest BCUT2D eigenvalue weighted by molar-refractivity contribution is 0.272. The second-order valence-corrected chi connectivity index (χ2v) is 10.7. The molecule has 1 aliphatic heterocycles. The second-order valence-electron chi connectivity index (χ2n) is 10.7. The maximum absolute atomic E-state index is 14.7. The molecule has 8 heteroatoms. The molecule has 0 aromatic carbocycles. The van der Waals surface area contributed by atoms with Crippen LogP contribution in [-0.2, 0) is 13.0 Å². The second kappa shape index (κ2) is 8.06. The summed E-state index contributed by atoms with van der Waals surface area (Å²) in [7, 11) is 0. The Morgan fingerprint density at radius 2 is 1.66 bits per heavy atom. The van der Waals surface area contributed by atoms with Crippen LogP contribution >= 0.6 is 0 Å². The van der Waals surface area contributed by atoms with Crippen LogP contribution in [0.4, 0.5) is 10.3 Å². The van der Waals surface area contributed by atoms with Crippen LogP contribution in [0.5, 0.6) is 0 Å². The molecule has 3 heterocycles. The van der Waals surface area contributed by atoms with Crippen LogP contribution in [0.15, 0.2) is 12.4 Å². The molecule has 4 aliphatic rings.